The summed E-state index contributed by atoms with van der Waals surface area (Å²) in [6.45, 7) is 0.368. The van der Waals surface area contributed by atoms with Gasteiger partial charge in [-0.25, -0.2) is 0 Å². The lowest BCUT2D eigenvalue weighted by Crippen LogP contribution is -2.12. The SMILES string of the molecule is NC(=S)CCOc1cc(Cl)c(Cl)cc1Cl. The lowest BCUT2D eigenvalue weighted by atomic mass is 10.3. The maximum atomic E-state index is 5.88. The van der Waals surface area contributed by atoms with Crippen LogP contribution in [0.3, 0.4) is 0 Å². The van der Waals surface area contributed by atoms with E-state index in [1.165, 1.54) is 6.07 Å². The number of hydrogen-bond donors (Lipinski definition) is 1. The summed E-state index contributed by atoms with van der Waals surface area (Å²) >= 11 is 22.2. The van der Waals surface area contributed by atoms with Crippen molar-refractivity contribution in [2.75, 3.05) is 6.61 Å². The summed E-state index contributed by atoms with van der Waals surface area (Å²) in [6, 6.07) is 3.09. The van der Waals surface area contributed by atoms with E-state index < -0.39 is 0 Å². The summed E-state index contributed by atoms with van der Waals surface area (Å²) < 4.78 is 5.34. The molecule has 1 rings (SSSR count). The van der Waals surface area contributed by atoms with Crippen molar-refractivity contribution < 1.29 is 4.74 Å². The van der Waals surface area contributed by atoms with Crippen LogP contribution in [0.1, 0.15) is 6.42 Å². The third-order valence-electron chi connectivity index (χ3n) is 1.58. The maximum Gasteiger partial charge on any atom is 0.139 e. The van der Waals surface area contributed by atoms with Crippen molar-refractivity contribution in [2.45, 2.75) is 6.42 Å². The Labute approximate surface area is 108 Å². The number of thiocarbonyl (C=S) groups is 1. The van der Waals surface area contributed by atoms with Crippen LogP contribution in [0.4, 0.5) is 0 Å². The monoisotopic (exact) mass is 283 g/mol. The Morgan fingerprint density at radius 1 is 1.20 bits per heavy atom. The lowest BCUT2D eigenvalue weighted by molar-refractivity contribution is 0.330. The Kier molecular flexibility index (Phi) is 4.93. The summed E-state index contributed by atoms with van der Waals surface area (Å²) in [5, 5.41) is 1.20. The molecule has 1 aromatic carbocycles. The molecule has 0 unspecified atom stereocenters. The fraction of sp³-hybridized carbons (Fsp3) is 0.222. The molecule has 2 N–H and O–H groups in total. The van der Waals surface area contributed by atoms with Crippen molar-refractivity contribution >= 4 is 52.0 Å². The van der Waals surface area contributed by atoms with E-state index in [9.17, 15) is 0 Å². The second-order valence-corrected chi connectivity index (χ2v) is 4.51. The zero-order valence-electron chi connectivity index (χ0n) is 7.60. The number of rotatable bonds is 4. The molecule has 0 bridgehead atoms. The summed E-state index contributed by atoms with van der Waals surface area (Å²) in [6.07, 6.45) is 0.492. The Morgan fingerprint density at radius 2 is 1.80 bits per heavy atom. The molecule has 0 heterocycles. The first-order valence-corrected chi connectivity index (χ1v) is 5.60. The van der Waals surface area contributed by atoms with Gasteiger partial charge in [0.15, 0.2) is 0 Å². The summed E-state index contributed by atoms with van der Waals surface area (Å²) in [4.78, 5) is 0.395. The van der Waals surface area contributed by atoms with Crippen LogP contribution in [-0.4, -0.2) is 11.6 Å². The average Bonchev–Trinajstić information content (AvgIpc) is 2.13. The summed E-state index contributed by atoms with van der Waals surface area (Å²) in [5.74, 6) is 0.474. The van der Waals surface area contributed by atoms with E-state index >= 15 is 0 Å². The number of nitrogens with two attached hydrogens (primary N) is 1. The van der Waals surface area contributed by atoms with Crippen LogP contribution in [0.5, 0.6) is 5.75 Å². The van der Waals surface area contributed by atoms with Crippen LogP contribution in [-0.2, 0) is 0 Å². The van der Waals surface area contributed by atoms with Crippen molar-refractivity contribution in [3.05, 3.63) is 27.2 Å². The van der Waals surface area contributed by atoms with Crippen LogP contribution < -0.4 is 10.5 Å². The molecule has 2 nitrogen and oxygen atoms in total. The largest absolute Gasteiger partial charge is 0.492 e. The lowest BCUT2D eigenvalue weighted by Gasteiger charge is -2.08. The zero-order valence-corrected chi connectivity index (χ0v) is 10.7. The molecular weight excluding hydrogens is 277 g/mol. The zero-order chi connectivity index (χ0) is 11.4. The van der Waals surface area contributed by atoms with Crippen molar-refractivity contribution in [1.29, 1.82) is 0 Å². The van der Waals surface area contributed by atoms with Crippen LogP contribution in [0, 0.1) is 0 Å². The van der Waals surface area contributed by atoms with E-state index in [0.29, 0.717) is 38.8 Å². The minimum Gasteiger partial charge on any atom is -0.492 e. The highest BCUT2D eigenvalue weighted by atomic mass is 35.5. The molecule has 0 aliphatic heterocycles. The number of hydrogen-bond acceptors (Lipinski definition) is 2. The highest BCUT2D eigenvalue weighted by Crippen LogP contribution is 2.33. The van der Waals surface area contributed by atoms with E-state index in [-0.39, 0.29) is 0 Å². The summed E-state index contributed by atoms with van der Waals surface area (Å²) in [7, 11) is 0. The van der Waals surface area contributed by atoms with E-state index in [1.54, 1.807) is 6.07 Å². The van der Waals surface area contributed by atoms with Gasteiger partial charge in [0.05, 0.1) is 26.7 Å². The van der Waals surface area contributed by atoms with Gasteiger partial charge in [0.2, 0.25) is 0 Å². The van der Waals surface area contributed by atoms with E-state index in [4.69, 9.17) is 57.5 Å². The first-order chi connectivity index (χ1) is 7.00. The molecule has 15 heavy (non-hydrogen) atoms. The van der Waals surface area contributed by atoms with Crippen LogP contribution in [0.15, 0.2) is 12.1 Å². The van der Waals surface area contributed by atoms with Crippen LogP contribution in [0.2, 0.25) is 15.1 Å². The molecule has 0 aliphatic carbocycles. The Morgan fingerprint density at radius 3 is 2.40 bits per heavy atom. The third kappa shape index (κ3) is 4.03. The molecule has 0 saturated carbocycles. The van der Waals surface area contributed by atoms with Crippen molar-refractivity contribution in [3.8, 4) is 5.75 Å². The molecule has 0 saturated heterocycles. The quantitative estimate of drug-likeness (QED) is 0.676. The smallest absolute Gasteiger partial charge is 0.139 e. The standard InChI is InChI=1S/C9H8Cl3NOS/c10-5-3-7(12)8(4-6(5)11)14-2-1-9(13)15/h3-4H,1-2H2,(H2,13,15). The molecule has 82 valence electrons. The van der Waals surface area contributed by atoms with Crippen molar-refractivity contribution in [1.82, 2.24) is 0 Å². The Bertz CT molecular complexity index is 384. The van der Waals surface area contributed by atoms with Gasteiger partial charge in [0.25, 0.3) is 0 Å². The van der Waals surface area contributed by atoms with Gasteiger partial charge in [0.1, 0.15) is 5.75 Å². The number of ether oxygens (including phenoxy) is 1. The fourth-order valence-corrected chi connectivity index (χ4v) is 1.55. The maximum absolute atomic E-state index is 5.88. The van der Waals surface area contributed by atoms with Gasteiger partial charge in [-0.1, -0.05) is 47.0 Å². The van der Waals surface area contributed by atoms with Gasteiger partial charge in [0, 0.05) is 12.5 Å². The van der Waals surface area contributed by atoms with Crippen LogP contribution >= 0.6 is 47.0 Å². The minimum absolute atomic E-state index is 0.368. The van der Waals surface area contributed by atoms with E-state index in [2.05, 4.69) is 0 Å². The topological polar surface area (TPSA) is 35.2 Å². The normalized spacial score (nSPS) is 10.1. The molecule has 0 fully saturated rings. The molecule has 0 atom stereocenters. The molecule has 0 spiro atoms. The van der Waals surface area contributed by atoms with Gasteiger partial charge in [-0.3, -0.25) is 0 Å². The first-order valence-electron chi connectivity index (χ1n) is 4.06. The van der Waals surface area contributed by atoms with E-state index in [1.807, 2.05) is 0 Å². The van der Waals surface area contributed by atoms with Gasteiger partial charge < -0.3 is 10.5 Å². The Hall–Kier alpha value is -0.220. The molecule has 0 radical (unpaired) electrons. The second-order valence-electron chi connectivity index (χ2n) is 2.76. The average molecular weight is 285 g/mol. The van der Waals surface area contributed by atoms with Gasteiger partial charge in [-0.15, -0.1) is 0 Å². The molecule has 0 amide bonds. The van der Waals surface area contributed by atoms with Crippen molar-refractivity contribution in [3.63, 3.8) is 0 Å². The van der Waals surface area contributed by atoms with Crippen LogP contribution in [0.25, 0.3) is 0 Å². The minimum atomic E-state index is 0.368. The van der Waals surface area contributed by atoms with Gasteiger partial charge >= 0.3 is 0 Å². The highest BCUT2D eigenvalue weighted by molar-refractivity contribution is 7.80. The predicted molar refractivity (Wildman–Crippen MR) is 68.4 cm³/mol. The number of halogens is 3. The predicted octanol–water partition coefficient (Wildman–Crippen LogP) is 3.70. The van der Waals surface area contributed by atoms with Gasteiger partial charge in [-0.2, -0.15) is 0 Å². The molecule has 6 heteroatoms. The molecule has 0 aromatic heterocycles. The summed E-state index contributed by atoms with van der Waals surface area (Å²) in [5.41, 5.74) is 5.32. The molecular formula is C9H8Cl3NOS. The van der Waals surface area contributed by atoms with E-state index in [0.717, 1.165) is 0 Å². The Balaban J connectivity index is 2.69. The first kappa shape index (κ1) is 12.8. The van der Waals surface area contributed by atoms with Crippen molar-refractivity contribution in [2.24, 2.45) is 5.73 Å². The third-order valence-corrected chi connectivity index (χ3v) is 2.80. The molecule has 1 aromatic rings. The second kappa shape index (κ2) is 5.75. The van der Waals surface area contributed by atoms with Gasteiger partial charge in [-0.05, 0) is 6.07 Å². The highest BCUT2D eigenvalue weighted by Gasteiger charge is 2.06. The molecule has 0 aliphatic rings. The fourth-order valence-electron chi connectivity index (χ4n) is 0.877. The number of benzene rings is 1.